The highest BCUT2D eigenvalue weighted by Gasteiger charge is 2.26. The van der Waals surface area contributed by atoms with Gasteiger partial charge >= 0.3 is 0 Å². The van der Waals surface area contributed by atoms with E-state index in [1.54, 1.807) is 9.47 Å². The van der Waals surface area contributed by atoms with Gasteiger partial charge in [-0.1, -0.05) is 60.3 Å². The third kappa shape index (κ3) is 3.97. The van der Waals surface area contributed by atoms with Crippen molar-refractivity contribution in [2.24, 2.45) is 0 Å². The number of fused-ring (bicyclic) bond motifs is 3. The Morgan fingerprint density at radius 3 is 2.31 bits per heavy atom. The van der Waals surface area contributed by atoms with Gasteiger partial charge in [-0.25, -0.2) is 4.57 Å². The largest absolute Gasteiger partial charge is 0.312 e. The number of aromatic nitrogens is 4. The summed E-state index contributed by atoms with van der Waals surface area (Å²) in [6.45, 7) is 8.37. The van der Waals surface area contributed by atoms with Gasteiger partial charge in [0.05, 0.1) is 21.8 Å². The molecule has 36 heavy (non-hydrogen) atoms. The van der Waals surface area contributed by atoms with Crippen LogP contribution in [0.2, 0.25) is 0 Å². The van der Waals surface area contributed by atoms with E-state index in [9.17, 15) is 9.59 Å². The van der Waals surface area contributed by atoms with Crippen molar-refractivity contribution in [1.29, 1.82) is 0 Å². The van der Waals surface area contributed by atoms with Crippen LogP contribution in [0.1, 0.15) is 25.0 Å². The van der Waals surface area contributed by atoms with Gasteiger partial charge in [0, 0.05) is 12.2 Å². The maximum absolute atomic E-state index is 13.7. The second-order valence-electron chi connectivity index (χ2n) is 8.69. The average molecular weight is 498 g/mol. The predicted molar refractivity (Wildman–Crippen MR) is 145 cm³/mol. The van der Waals surface area contributed by atoms with Crippen LogP contribution in [0.15, 0.2) is 82.7 Å². The number of amides is 1. The van der Waals surface area contributed by atoms with Crippen LogP contribution in [0.4, 0.5) is 5.69 Å². The molecule has 7 nitrogen and oxygen atoms in total. The lowest BCUT2D eigenvalue weighted by atomic mass is 10.1. The topological polar surface area (TPSA) is 72.5 Å². The first kappa shape index (κ1) is 23.8. The summed E-state index contributed by atoms with van der Waals surface area (Å²) in [5, 5.41) is 9.62. The Bertz CT molecular complexity index is 1620. The highest BCUT2D eigenvalue weighted by atomic mass is 32.2. The van der Waals surface area contributed by atoms with Crippen LogP contribution < -0.4 is 10.5 Å². The van der Waals surface area contributed by atoms with Gasteiger partial charge in [-0.15, -0.1) is 10.2 Å². The minimum Gasteiger partial charge on any atom is -0.312 e. The molecule has 5 aromatic rings. The van der Waals surface area contributed by atoms with Crippen molar-refractivity contribution in [2.75, 3.05) is 11.4 Å². The van der Waals surface area contributed by atoms with E-state index in [1.165, 1.54) is 11.8 Å². The molecule has 2 aromatic heterocycles. The zero-order chi connectivity index (χ0) is 25.4. The molecule has 0 aliphatic heterocycles. The molecule has 8 heteroatoms. The number of nitrogens with zero attached hydrogens (tertiary/aromatic N) is 5. The summed E-state index contributed by atoms with van der Waals surface area (Å²) in [6, 6.07) is 23.0. The van der Waals surface area contributed by atoms with Gasteiger partial charge in [-0.2, -0.15) is 0 Å². The number of hydrogen-bond acceptors (Lipinski definition) is 5. The van der Waals surface area contributed by atoms with E-state index in [4.69, 9.17) is 0 Å². The van der Waals surface area contributed by atoms with E-state index in [2.05, 4.69) is 10.2 Å². The van der Waals surface area contributed by atoms with Crippen LogP contribution >= 0.6 is 11.8 Å². The third-order valence-electron chi connectivity index (χ3n) is 6.34. The predicted octanol–water partition coefficient (Wildman–Crippen LogP) is 5.18. The maximum Gasteiger partial charge on any atom is 0.267 e. The number of benzene rings is 3. The fraction of sp³-hybridized carbons (Fsp3) is 0.214. The van der Waals surface area contributed by atoms with Crippen LogP contribution in [0.3, 0.4) is 0 Å². The first-order valence-electron chi connectivity index (χ1n) is 11.9. The zero-order valence-electron chi connectivity index (χ0n) is 20.7. The summed E-state index contributed by atoms with van der Waals surface area (Å²) in [5.41, 5.74) is 4.16. The summed E-state index contributed by atoms with van der Waals surface area (Å²) in [7, 11) is 0. The summed E-state index contributed by atoms with van der Waals surface area (Å²) < 4.78 is 3.52. The van der Waals surface area contributed by atoms with Crippen molar-refractivity contribution >= 4 is 40.0 Å². The van der Waals surface area contributed by atoms with Crippen molar-refractivity contribution in [3.8, 4) is 5.69 Å². The molecule has 1 unspecified atom stereocenters. The molecule has 1 atom stereocenters. The molecule has 182 valence electrons. The first-order chi connectivity index (χ1) is 17.4. The minimum absolute atomic E-state index is 0.0159. The van der Waals surface area contributed by atoms with Gasteiger partial charge in [-0.05, 0) is 63.1 Å². The van der Waals surface area contributed by atoms with E-state index < -0.39 is 5.25 Å². The molecule has 0 aliphatic carbocycles. The molecular formula is C28H27N5O2S. The molecule has 0 spiro atoms. The van der Waals surface area contributed by atoms with Crippen molar-refractivity contribution in [3.05, 3.63) is 94.3 Å². The summed E-state index contributed by atoms with van der Waals surface area (Å²) in [6.07, 6.45) is 0. The number of para-hydroxylation sites is 3. The summed E-state index contributed by atoms with van der Waals surface area (Å²) in [5.74, 6) is 0.409. The number of hydrogen-bond donors (Lipinski definition) is 0. The third-order valence-corrected chi connectivity index (χ3v) is 7.37. The van der Waals surface area contributed by atoms with E-state index in [-0.39, 0.29) is 11.5 Å². The Morgan fingerprint density at radius 1 is 0.944 bits per heavy atom. The lowest BCUT2D eigenvalue weighted by Gasteiger charge is -2.24. The first-order valence-corrected chi connectivity index (χ1v) is 12.8. The molecule has 3 aromatic carbocycles. The summed E-state index contributed by atoms with van der Waals surface area (Å²) >= 11 is 1.34. The van der Waals surface area contributed by atoms with Crippen LogP contribution in [0.25, 0.3) is 22.4 Å². The molecule has 0 saturated heterocycles. The van der Waals surface area contributed by atoms with E-state index in [0.717, 1.165) is 22.5 Å². The number of anilines is 1. The Hall–Kier alpha value is -3.91. The normalized spacial score (nSPS) is 12.2. The van der Waals surface area contributed by atoms with Gasteiger partial charge in [0.2, 0.25) is 11.7 Å². The number of carbonyl (C=O) groups excluding carboxylic acids is 1. The van der Waals surface area contributed by atoms with Crippen molar-refractivity contribution in [1.82, 2.24) is 19.2 Å². The zero-order valence-corrected chi connectivity index (χ0v) is 21.5. The van der Waals surface area contributed by atoms with Gasteiger partial charge < -0.3 is 4.90 Å². The average Bonchev–Trinajstić information content (AvgIpc) is 3.30. The number of rotatable bonds is 6. The van der Waals surface area contributed by atoms with Crippen LogP contribution in [-0.4, -0.2) is 36.9 Å². The molecule has 5 rings (SSSR count). The molecular weight excluding hydrogens is 470 g/mol. The molecule has 0 radical (unpaired) electrons. The Kier molecular flexibility index (Phi) is 6.36. The molecule has 0 bridgehead atoms. The number of aryl methyl sites for hydroxylation is 2. The van der Waals surface area contributed by atoms with Crippen molar-refractivity contribution < 1.29 is 4.79 Å². The van der Waals surface area contributed by atoms with Crippen LogP contribution in [0.5, 0.6) is 0 Å². The Labute approximate surface area is 213 Å². The van der Waals surface area contributed by atoms with Gasteiger partial charge in [0.1, 0.15) is 0 Å². The number of carbonyl (C=O) groups is 1. The molecule has 0 saturated carbocycles. The Balaban J connectivity index is 1.65. The van der Waals surface area contributed by atoms with Crippen molar-refractivity contribution in [3.63, 3.8) is 0 Å². The van der Waals surface area contributed by atoms with Crippen LogP contribution in [0, 0.1) is 13.8 Å². The molecule has 0 aliphatic rings. The monoisotopic (exact) mass is 497 g/mol. The van der Waals surface area contributed by atoms with E-state index >= 15 is 0 Å². The summed E-state index contributed by atoms with van der Waals surface area (Å²) in [4.78, 5) is 28.9. The highest BCUT2D eigenvalue weighted by molar-refractivity contribution is 8.00. The molecule has 0 fully saturated rings. The maximum atomic E-state index is 13.7. The second kappa shape index (κ2) is 9.62. The molecule has 1 amide bonds. The lowest BCUT2D eigenvalue weighted by molar-refractivity contribution is -0.117. The van der Waals surface area contributed by atoms with E-state index in [1.807, 2.05) is 105 Å². The lowest BCUT2D eigenvalue weighted by Crippen LogP contribution is -2.36. The van der Waals surface area contributed by atoms with Gasteiger partial charge in [0.25, 0.3) is 5.56 Å². The van der Waals surface area contributed by atoms with Crippen LogP contribution in [-0.2, 0) is 4.79 Å². The smallest absolute Gasteiger partial charge is 0.267 e. The fourth-order valence-corrected chi connectivity index (χ4v) is 5.53. The van der Waals surface area contributed by atoms with E-state index in [0.29, 0.717) is 28.4 Å². The quantitative estimate of drug-likeness (QED) is 0.302. The van der Waals surface area contributed by atoms with Gasteiger partial charge in [0.15, 0.2) is 5.16 Å². The van der Waals surface area contributed by atoms with Gasteiger partial charge in [-0.3, -0.25) is 14.0 Å². The Morgan fingerprint density at radius 2 is 1.61 bits per heavy atom. The fourth-order valence-electron chi connectivity index (χ4n) is 4.62. The second-order valence-corrected chi connectivity index (χ2v) is 10.0. The molecule has 0 N–H and O–H groups in total. The molecule has 2 heterocycles. The SMILES string of the molecule is CCN(C(=O)C(C)Sc1nnc2n(-c3c(C)cccc3C)c(=O)c3ccccc3n12)c1ccccc1. The van der Waals surface area contributed by atoms with Crippen molar-refractivity contribution in [2.45, 2.75) is 38.1 Å². The number of thioether (sulfide) groups is 1. The highest BCUT2D eigenvalue weighted by Crippen LogP contribution is 2.29. The minimum atomic E-state index is -0.420. The standard InChI is InChI=1S/C28H27N5O2S/c1-5-31(21-14-7-6-8-15-21)25(34)20(4)36-28-30-29-27-32(28)23-17-10-9-16-22(23)26(35)33(27)24-18(2)12-11-13-19(24)3/h6-17,20H,5H2,1-4H3.